The van der Waals surface area contributed by atoms with Gasteiger partial charge in [0.15, 0.2) is 0 Å². The van der Waals surface area contributed by atoms with E-state index in [1.807, 2.05) is 0 Å². The second-order valence-electron chi connectivity index (χ2n) is 5.48. The lowest BCUT2D eigenvalue weighted by Crippen LogP contribution is -2.48. The van der Waals surface area contributed by atoms with Gasteiger partial charge in [0, 0.05) is 26.3 Å². The van der Waals surface area contributed by atoms with Gasteiger partial charge in [-0.1, -0.05) is 12.1 Å². The molecule has 1 saturated heterocycles. The first-order chi connectivity index (χ1) is 10.4. The highest BCUT2D eigenvalue weighted by Gasteiger charge is 2.38. The zero-order valence-corrected chi connectivity index (χ0v) is 13.3. The molecule has 0 aliphatic carbocycles. The van der Waals surface area contributed by atoms with Crippen LogP contribution < -0.4 is 11.1 Å². The van der Waals surface area contributed by atoms with Crippen molar-refractivity contribution in [3.8, 4) is 0 Å². The first kappa shape index (κ1) is 19.7. The van der Waals surface area contributed by atoms with Gasteiger partial charge in [0.25, 0.3) is 0 Å². The van der Waals surface area contributed by atoms with Crippen molar-refractivity contribution >= 4 is 18.3 Å². The van der Waals surface area contributed by atoms with Gasteiger partial charge in [-0.3, -0.25) is 4.79 Å². The number of hydrogen-bond acceptors (Lipinski definition) is 3. The molecule has 0 radical (unpaired) electrons. The Morgan fingerprint density at radius 2 is 1.96 bits per heavy atom. The summed E-state index contributed by atoms with van der Waals surface area (Å²) in [7, 11) is 0. The van der Waals surface area contributed by atoms with Gasteiger partial charge >= 0.3 is 6.18 Å². The average molecular weight is 353 g/mol. The molecule has 2 rings (SSSR count). The van der Waals surface area contributed by atoms with Crippen molar-refractivity contribution in [1.29, 1.82) is 0 Å². The average Bonchev–Trinajstić information content (AvgIpc) is 2.52. The number of carbonyl (C=O) groups is 1. The zero-order chi connectivity index (χ0) is 16.2. The standard InChI is InChI=1S/C15H19F3N2O2.ClH/c16-15(17,18)12-3-1-2-11(8-12)9-20-13(21)14(10-19)4-6-22-7-5-14;/h1-3,8H,4-7,9-10,19H2,(H,20,21);1H. The molecule has 8 heteroatoms. The van der Waals surface area contributed by atoms with Gasteiger partial charge in [-0.25, -0.2) is 0 Å². The van der Waals surface area contributed by atoms with Crippen LogP contribution in [0.25, 0.3) is 0 Å². The lowest BCUT2D eigenvalue weighted by molar-refractivity contribution is -0.137. The number of alkyl halides is 3. The third-order valence-corrected chi connectivity index (χ3v) is 4.03. The molecule has 1 aliphatic rings. The molecule has 1 fully saturated rings. The van der Waals surface area contributed by atoms with Crippen molar-refractivity contribution in [2.45, 2.75) is 25.6 Å². The Labute approximate surface area is 139 Å². The molecule has 0 atom stereocenters. The molecule has 1 aromatic carbocycles. The molecular formula is C15H20ClF3N2O2. The molecule has 1 amide bonds. The summed E-state index contributed by atoms with van der Waals surface area (Å²) in [5.41, 5.74) is 4.73. The number of hydrogen-bond donors (Lipinski definition) is 2. The zero-order valence-electron chi connectivity index (χ0n) is 12.5. The highest BCUT2D eigenvalue weighted by atomic mass is 35.5. The van der Waals surface area contributed by atoms with Crippen LogP contribution >= 0.6 is 12.4 Å². The molecule has 0 bridgehead atoms. The minimum absolute atomic E-state index is 0. The predicted octanol–water partition coefficient (Wildman–Crippen LogP) is 2.50. The summed E-state index contributed by atoms with van der Waals surface area (Å²) in [5.74, 6) is -0.226. The second kappa shape index (κ2) is 7.99. The quantitative estimate of drug-likeness (QED) is 0.875. The van der Waals surface area contributed by atoms with Crippen LogP contribution in [0, 0.1) is 5.41 Å². The van der Waals surface area contributed by atoms with Crippen molar-refractivity contribution in [1.82, 2.24) is 5.32 Å². The summed E-state index contributed by atoms with van der Waals surface area (Å²) in [6.45, 7) is 1.18. The molecule has 1 heterocycles. The minimum atomic E-state index is -4.39. The van der Waals surface area contributed by atoms with E-state index in [0.29, 0.717) is 31.6 Å². The fourth-order valence-electron chi connectivity index (χ4n) is 2.51. The number of benzene rings is 1. The number of carbonyl (C=O) groups excluding carboxylic acids is 1. The number of halogens is 4. The van der Waals surface area contributed by atoms with E-state index in [4.69, 9.17) is 10.5 Å². The Bertz CT molecular complexity index is 532. The first-order valence-corrected chi connectivity index (χ1v) is 7.10. The monoisotopic (exact) mass is 352 g/mol. The topological polar surface area (TPSA) is 64.4 Å². The lowest BCUT2D eigenvalue weighted by Gasteiger charge is -2.34. The smallest absolute Gasteiger partial charge is 0.381 e. The van der Waals surface area contributed by atoms with E-state index in [2.05, 4.69) is 5.32 Å². The molecule has 4 nitrogen and oxygen atoms in total. The normalized spacial score (nSPS) is 17.2. The third kappa shape index (κ3) is 4.83. The summed E-state index contributed by atoms with van der Waals surface area (Å²) in [5, 5.41) is 2.70. The molecule has 23 heavy (non-hydrogen) atoms. The highest BCUT2D eigenvalue weighted by Crippen LogP contribution is 2.31. The van der Waals surface area contributed by atoms with Crippen molar-refractivity contribution in [2.24, 2.45) is 11.1 Å². The Morgan fingerprint density at radius 3 is 2.52 bits per heavy atom. The van der Waals surface area contributed by atoms with Crippen LogP contribution in [-0.2, 0) is 22.3 Å². The summed E-state index contributed by atoms with van der Waals surface area (Å²) >= 11 is 0. The maximum Gasteiger partial charge on any atom is 0.416 e. The van der Waals surface area contributed by atoms with Crippen LogP contribution in [0.5, 0.6) is 0 Å². The van der Waals surface area contributed by atoms with Crippen molar-refractivity contribution < 1.29 is 22.7 Å². The van der Waals surface area contributed by atoms with Gasteiger partial charge in [-0.2, -0.15) is 13.2 Å². The number of rotatable bonds is 4. The molecule has 1 aliphatic heterocycles. The van der Waals surface area contributed by atoms with Gasteiger partial charge < -0.3 is 15.8 Å². The van der Waals surface area contributed by atoms with Crippen LogP contribution in [0.4, 0.5) is 13.2 Å². The Balaban J connectivity index is 0.00000264. The summed E-state index contributed by atoms with van der Waals surface area (Å²) in [4.78, 5) is 12.3. The van der Waals surface area contributed by atoms with Crippen LogP contribution in [0.2, 0.25) is 0 Å². The van der Waals surface area contributed by atoms with Gasteiger partial charge in [0.05, 0.1) is 11.0 Å². The predicted molar refractivity (Wildman–Crippen MR) is 82.1 cm³/mol. The molecular weight excluding hydrogens is 333 g/mol. The molecule has 0 aromatic heterocycles. The van der Waals surface area contributed by atoms with E-state index < -0.39 is 17.2 Å². The van der Waals surface area contributed by atoms with Crippen LogP contribution in [0.3, 0.4) is 0 Å². The van der Waals surface area contributed by atoms with Crippen LogP contribution in [0.1, 0.15) is 24.0 Å². The van der Waals surface area contributed by atoms with Gasteiger partial charge in [-0.15, -0.1) is 12.4 Å². The van der Waals surface area contributed by atoms with E-state index in [-0.39, 0.29) is 31.4 Å². The lowest BCUT2D eigenvalue weighted by atomic mass is 9.79. The molecule has 0 saturated carbocycles. The van der Waals surface area contributed by atoms with E-state index in [0.717, 1.165) is 12.1 Å². The Kier molecular flexibility index (Phi) is 6.85. The summed E-state index contributed by atoms with van der Waals surface area (Å²) < 4.78 is 43.2. The fourth-order valence-corrected chi connectivity index (χ4v) is 2.51. The van der Waals surface area contributed by atoms with Gasteiger partial charge in [0.2, 0.25) is 5.91 Å². The highest BCUT2D eigenvalue weighted by molar-refractivity contribution is 5.85. The number of nitrogens with two attached hydrogens (primary N) is 1. The SMILES string of the molecule is Cl.NCC1(C(=O)NCc2cccc(C(F)(F)F)c2)CCOCC1. The number of amides is 1. The van der Waals surface area contributed by atoms with E-state index in [1.54, 1.807) is 6.07 Å². The maximum atomic E-state index is 12.7. The first-order valence-electron chi connectivity index (χ1n) is 7.10. The summed E-state index contributed by atoms with van der Waals surface area (Å²) in [6.07, 6.45) is -3.34. The van der Waals surface area contributed by atoms with E-state index >= 15 is 0 Å². The number of ether oxygens (including phenoxy) is 1. The van der Waals surface area contributed by atoms with Crippen molar-refractivity contribution in [3.63, 3.8) is 0 Å². The van der Waals surface area contributed by atoms with E-state index in [1.165, 1.54) is 6.07 Å². The molecule has 3 N–H and O–H groups in total. The minimum Gasteiger partial charge on any atom is -0.381 e. The Morgan fingerprint density at radius 1 is 1.30 bits per heavy atom. The van der Waals surface area contributed by atoms with Crippen molar-refractivity contribution in [3.05, 3.63) is 35.4 Å². The van der Waals surface area contributed by atoms with Crippen LogP contribution in [0.15, 0.2) is 24.3 Å². The number of nitrogens with one attached hydrogen (secondary N) is 1. The molecule has 1 aromatic rings. The molecule has 0 unspecified atom stereocenters. The maximum absolute atomic E-state index is 12.7. The van der Waals surface area contributed by atoms with E-state index in [9.17, 15) is 18.0 Å². The third-order valence-electron chi connectivity index (χ3n) is 4.03. The Hall–Kier alpha value is -1.31. The van der Waals surface area contributed by atoms with Crippen molar-refractivity contribution in [2.75, 3.05) is 19.8 Å². The second-order valence-corrected chi connectivity index (χ2v) is 5.48. The van der Waals surface area contributed by atoms with Gasteiger partial charge in [-0.05, 0) is 30.5 Å². The fraction of sp³-hybridized carbons (Fsp3) is 0.533. The molecule has 0 spiro atoms. The van der Waals surface area contributed by atoms with Crippen LogP contribution in [-0.4, -0.2) is 25.7 Å². The summed E-state index contributed by atoms with van der Waals surface area (Å²) in [6, 6.07) is 4.93. The largest absolute Gasteiger partial charge is 0.416 e. The molecule has 130 valence electrons. The van der Waals surface area contributed by atoms with Gasteiger partial charge in [0.1, 0.15) is 0 Å².